The molecule has 0 spiro atoms. The fourth-order valence-electron chi connectivity index (χ4n) is 2.19. The summed E-state index contributed by atoms with van der Waals surface area (Å²) in [4.78, 5) is 15.5. The molecule has 2 aromatic carbocycles. The molecule has 3 aromatic rings. The zero-order valence-corrected chi connectivity index (χ0v) is 12.9. The quantitative estimate of drug-likeness (QED) is 0.397. The van der Waals surface area contributed by atoms with Crippen LogP contribution in [0.2, 0.25) is 0 Å². The Kier molecular flexibility index (Phi) is 3.73. The summed E-state index contributed by atoms with van der Waals surface area (Å²) in [5, 5.41) is 0.814. The summed E-state index contributed by atoms with van der Waals surface area (Å²) in [5.74, 6) is 0.619. The van der Waals surface area contributed by atoms with Crippen LogP contribution in [0, 0.1) is 11.6 Å². The predicted octanol–water partition coefficient (Wildman–Crippen LogP) is 4.46. The molecule has 5 heteroatoms. The molecule has 3 rings (SSSR count). The van der Waals surface area contributed by atoms with Crippen molar-refractivity contribution < 1.29 is 13.9 Å². The molecule has 0 N–H and O–H groups in total. The highest BCUT2D eigenvalue weighted by molar-refractivity contribution is 7.71. The van der Waals surface area contributed by atoms with E-state index in [4.69, 9.17) is 21.4 Å². The van der Waals surface area contributed by atoms with Crippen molar-refractivity contribution >= 4 is 29.1 Å². The van der Waals surface area contributed by atoms with E-state index < -0.39 is 0 Å². The standard InChI is InChI=1S/C17H13NO3S/c1-10-9-12(7-8-15(10)20-11(2)19)16-18-14-6-4-3-5-13(14)17(22)21-16/h3-9H,1-2H3. The number of hydrogen-bond acceptors (Lipinski definition) is 5. The van der Waals surface area contributed by atoms with Gasteiger partial charge in [0, 0.05) is 12.5 Å². The van der Waals surface area contributed by atoms with Crippen molar-refractivity contribution in [3.8, 4) is 17.2 Å². The molecule has 110 valence electrons. The van der Waals surface area contributed by atoms with E-state index in [0.29, 0.717) is 16.3 Å². The molecule has 0 fully saturated rings. The maximum Gasteiger partial charge on any atom is 0.308 e. The summed E-state index contributed by atoms with van der Waals surface area (Å²) in [6, 6.07) is 12.9. The van der Waals surface area contributed by atoms with Gasteiger partial charge in [-0.3, -0.25) is 4.79 Å². The van der Waals surface area contributed by atoms with Crippen LogP contribution >= 0.6 is 12.2 Å². The summed E-state index contributed by atoms with van der Waals surface area (Å²) < 4.78 is 11.2. The van der Waals surface area contributed by atoms with Crippen LogP contribution in [0.3, 0.4) is 0 Å². The molecular weight excluding hydrogens is 298 g/mol. The van der Waals surface area contributed by atoms with Gasteiger partial charge in [-0.1, -0.05) is 12.1 Å². The first-order valence-corrected chi connectivity index (χ1v) is 7.15. The third-order valence-electron chi connectivity index (χ3n) is 3.21. The SMILES string of the molecule is CC(=O)Oc1ccc(-c2nc3ccccc3c(=S)o2)cc1C. The largest absolute Gasteiger partial charge is 0.426 e. The lowest BCUT2D eigenvalue weighted by atomic mass is 10.1. The molecule has 22 heavy (non-hydrogen) atoms. The number of aromatic nitrogens is 1. The molecule has 0 amide bonds. The first-order valence-electron chi connectivity index (χ1n) is 6.74. The smallest absolute Gasteiger partial charge is 0.308 e. The van der Waals surface area contributed by atoms with E-state index in [1.165, 1.54) is 6.92 Å². The molecule has 0 bridgehead atoms. The Morgan fingerprint density at radius 2 is 2.00 bits per heavy atom. The molecule has 0 saturated carbocycles. The number of rotatable bonds is 2. The number of hydrogen-bond donors (Lipinski definition) is 0. The van der Waals surface area contributed by atoms with E-state index in [2.05, 4.69) is 4.98 Å². The van der Waals surface area contributed by atoms with Crippen molar-refractivity contribution in [1.82, 2.24) is 4.98 Å². The van der Waals surface area contributed by atoms with Crippen molar-refractivity contribution in [2.45, 2.75) is 13.8 Å². The number of benzene rings is 2. The lowest BCUT2D eigenvalue weighted by Crippen LogP contribution is -2.02. The molecule has 0 aliphatic rings. The van der Waals surface area contributed by atoms with Crippen molar-refractivity contribution in [2.24, 2.45) is 0 Å². The Bertz CT molecular complexity index is 931. The number of carbonyl (C=O) groups excluding carboxylic acids is 1. The summed E-state index contributed by atoms with van der Waals surface area (Å²) in [7, 11) is 0. The van der Waals surface area contributed by atoms with Crippen LogP contribution in [0.5, 0.6) is 5.75 Å². The Labute approximate surface area is 132 Å². The summed E-state index contributed by atoms with van der Waals surface area (Å²) in [6.07, 6.45) is 0. The van der Waals surface area contributed by atoms with E-state index >= 15 is 0 Å². The summed E-state index contributed by atoms with van der Waals surface area (Å²) in [5.41, 5.74) is 2.39. The van der Waals surface area contributed by atoms with E-state index in [1.807, 2.05) is 37.3 Å². The van der Waals surface area contributed by atoms with Gasteiger partial charge < -0.3 is 9.15 Å². The number of ether oxygens (including phenoxy) is 1. The molecule has 0 aliphatic heterocycles. The number of esters is 1. The number of carbonyl (C=O) groups is 1. The highest BCUT2D eigenvalue weighted by Crippen LogP contribution is 2.27. The van der Waals surface area contributed by atoms with Gasteiger partial charge in [0.2, 0.25) is 10.6 Å². The fraction of sp³-hybridized carbons (Fsp3) is 0.118. The minimum Gasteiger partial charge on any atom is -0.426 e. The maximum absolute atomic E-state index is 11.0. The molecule has 1 heterocycles. The zero-order valence-electron chi connectivity index (χ0n) is 12.1. The highest BCUT2D eigenvalue weighted by atomic mass is 32.1. The fourth-order valence-corrected chi connectivity index (χ4v) is 2.45. The molecule has 1 aromatic heterocycles. The normalized spacial score (nSPS) is 10.6. The predicted molar refractivity (Wildman–Crippen MR) is 86.3 cm³/mol. The second kappa shape index (κ2) is 5.69. The lowest BCUT2D eigenvalue weighted by Gasteiger charge is -2.07. The minimum absolute atomic E-state index is 0.350. The summed E-state index contributed by atoms with van der Waals surface area (Å²) in [6.45, 7) is 3.23. The molecule has 0 radical (unpaired) electrons. The van der Waals surface area contributed by atoms with Gasteiger partial charge in [-0.15, -0.1) is 0 Å². The first kappa shape index (κ1) is 14.4. The van der Waals surface area contributed by atoms with Crippen molar-refractivity contribution in [3.05, 3.63) is 52.7 Å². The Morgan fingerprint density at radius 3 is 2.73 bits per heavy atom. The van der Waals surface area contributed by atoms with Gasteiger partial charge in [0.15, 0.2) is 0 Å². The Balaban J connectivity index is 2.10. The van der Waals surface area contributed by atoms with Gasteiger partial charge in [0.05, 0.1) is 10.9 Å². The average molecular weight is 311 g/mol. The molecule has 0 unspecified atom stereocenters. The van der Waals surface area contributed by atoms with E-state index in [9.17, 15) is 4.79 Å². The van der Waals surface area contributed by atoms with E-state index in [0.717, 1.165) is 22.0 Å². The van der Waals surface area contributed by atoms with E-state index in [1.54, 1.807) is 12.1 Å². The van der Waals surface area contributed by atoms with Crippen molar-refractivity contribution in [3.63, 3.8) is 0 Å². The maximum atomic E-state index is 11.0. The van der Waals surface area contributed by atoms with Gasteiger partial charge in [0.1, 0.15) is 5.75 Å². The Morgan fingerprint density at radius 1 is 1.23 bits per heavy atom. The van der Waals surface area contributed by atoms with Gasteiger partial charge in [-0.2, -0.15) is 0 Å². The third kappa shape index (κ3) is 2.76. The third-order valence-corrected chi connectivity index (χ3v) is 3.51. The van der Waals surface area contributed by atoms with Crippen molar-refractivity contribution in [1.29, 1.82) is 0 Å². The van der Waals surface area contributed by atoms with Gasteiger partial charge in [-0.05, 0) is 55.0 Å². The van der Waals surface area contributed by atoms with Crippen LogP contribution in [-0.4, -0.2) is 11.0 Å². The highest BCUT2D eigenvalue weighted by Gasteiger charge is 2.09. The molecule has 4 nitrogen and oxygen atoms in total. The van der Waals surface area contributed by atoms with Gasteiger partial charge in [0.25, 0.3) is 0 Å². The monoisotopic (exact) mass is 311 g/mol. The molecule has 0 saturated heterocycles. The zero-order chi connectivity index (χ0) is 15.7. The number of fused-ring (bicyclic) bond motifs is 1. The van der Waals surface area contributed by atoms with Crippen LogP contribution in [0.25, 0.3) is 22.4 Å². The summed E-state index contributed by atoms with van der Waals surface area (Å²) >= 11 is 5.28. The average Bonchev–Trinajstić information content (AvgIpc) is 2.49. The second-order valence-electron chi connectivity index (χ2n) is 4.90. The van der Waals surface area contributed by atoms with Crippen LogP contribution in [0.15, 0.2) is 46.9 Å². The van der Waals surface area contributed by atoms with E-state index in [-0.39, 0.29) is 5.97 Å². The van der Waals surface area contributed by atoms with Crippen LogP contribution in [-0.2, 0) is 4.79 Å². The molecule has 0 aliphatic carbocycles. The molecule has 0 atom stereocenters. The first-order chi connectivity index (χ1) is 10.5. The second-order valence-corrected chi connectivity index (χ2v) is 5.27. The van der Waals surface area contributed by atoms with Crippen LogP contribution < -0.4 is 4.74 Å². The topological polar surface area (TPSA) is 52.3 Å². The Hall–Kier alpha value is -2.53. The minimum atomic E-state index is -0.350. The van der Waals surface area contributed by atoms with Crippen molar-refractivity contribution in [2.75, 3.05) is 0 Å². The van der Waals surface area contributed by atoms with Gasteiger partial charge in [-0.25, -0.2) is 4.98 Å². The van der Waals surface area contributed by atoms with Crippen LogP contribution in [0.1, 0.15) is 12.5 Å². The lowest BCUT2D eigenvalue weighted by molar-refractivity contribution is -0.131. The number of nitrogens with zero attached hydrogens (tertiary/aromatic N) is 1. The number of aryl methyl sites for hydroxylation is 1. The number of para-hydroxylation sites is 1. The molecular formula is C17H13NO3S. The van der Waals surface area contributed by atoms with Crippen LogP contribution in [0.4, 0.5) is 0 Å². The van der Waals surface area contributed by atoms with Gasteiger partial charge >= 0.3 is 5.97 Å².